The predicted molar refractivity (Wildman–Crippen MR) is 152 cm³/mol. The summed E-state index contributed by atoms with van der Waals surface area (Å²) in [7, 11) is 0. The quantitative estimate of drug-likeness (QED) is 0.223. The van der Waals surface area contributed by atoms with Crippen molar-refractivity contribution in [2.24, 2.45) is 5.90 Å². The molecule has 1 aliphatic rings. The van der Waals surface area contributed by atoms with E-state index < -0.39 is 24.2 Å². The lowest BCUT2D eigenvalue weighted by atomic mass is 10.1. The largest absolute Gasteiger partial charge is 0.508 e. The van der Waals surface area contributed by atoms with Gasteiger partial charge in [0.1, 0.15) is 29.5 Å². The maximum absolute atomic E-state index is 13.8. The molecule has 0 atom stereocenters. The van der Waals surface area contributed by atoms with E-state index >= 15 is 0 Å². The summed E-state index contributed by atoms with van der Waals surface area (Å²) < 4.78 is 0. The Morgan fingerprint density at radius 1 is 0.897 bits per heavy atom. The third kappa shape index (κ3) is 7.20. The van der Waals surface area contributed by atoms with Crippen LogP contribution < -0.4 is 15.7 Å². The number of rotatable bonds is 10. The van der Waals surface area contributed by atoms with Gasteiger partial charge in [-0.3, -0.25) is 4.79 Å². The highest BCUT2D eigenvalue weighted by atomic mass is 16.7. The topological polar surface area (TPSA) is 137 Å². The van der Waals surface area contributed by atoms with E-state index in [9.17, 15) is 24.9 Å². The average molecular weight is 536 g/mol. The van der Waals surface area contributed by atoms with E-state index in [1.807, 2.05) is 13.0 Å². The van der Waals surface area contributed by atoms with E-state index in [0.29, 0.717) is 0 Å². The number of phenolic OH excluding ortho intramolecular Hbond substituents is 3. The van der Waals surface area contributed by atoms with E-state index in [2.05, 4.69) is 37.8 Å². The van der Waals surface area contributed by atoms with Crippen molar-refractivity contribution >= 4 is 28.9 Å². The molecule has 9 heteroatoms. The van der Waals surface area contributed by atoms with Crippen LogP contribution in [0.15, 0.2) is 65.3 Å². The number of benzene rings is 2. The summed E-state index contributed by atoms with van der Waals surface area (Å²) in [6.07, 6.45) is 10.1. The fraction of sp³-hybridized carbons (Fsp3) is 0.333. The van der Waals surface area contributed by atoms with Crippen LogP contribution in [0, 0.1) is 0 Å². The number of hydrogen-bond donors (Lipinski definition) is 4. The van der Waals surface area contributed by atoms with Gasteiger partial charge in [-0.1, -0.05) is 41.0 Å². The standard InChI is InChI=1S/C30H37N3O6/c1-19(2)8-5-9-20(3)10-6-11-21(4)14-15-32-24-16-22(34)17-26(36)29(24)33(18-27(37)39-31)28-23(30(32)38)12-7-13-25(28)35/h7-8,10,12-14,16-17,34-36H,5-6,9,11,15,18,31H2,1-4H3/b20-10+,21-14+. The fourth-order valence-electron chi connectivity index (χ4n) is 4.52. The molecule has 0 aromatic heterocycles. The lowest BCUT2D eigenvalue weighted by molar-refractivity contribution is -0.142. The first kappa shape index (κ1) is 29.3. The zero-order valence-electron chi connectivity index (χ0n) is 22.9. The number of hydrogen-bond acceptors (Lipinski definition) is 8. The second-order valence-corrected chi connectivity index (χ2v) is 9.96. The van der Waals surface area contributed by atoms with E-state index in [4.69, 9.17) is 5.90 Å². The molecule has 3 rings (SSSR count). The number of fused-ring (bicyclic) bond motifs is 2. The zero-order chi connectivity index (χ0) is 28.7. The van der Waals surface area contributed by atoms with Crippen molar-refractivity contribution in [3.8, 4) is 17.2 Å². The molecule has 0 unspecified atom stereocenters. The van der Waals surface area contributed by atoms with E-state index in [0.717, 1.165) is 37.3 Å². The maximum Gasteiger partial charge on any atom is 0.344 e. The minimum atomic E-state index is -0.858. The lowest BCUT2D eigenvalue weighted by Crippen LogP contribution is -2.30. The molecule has 0 aliphatic carbocycles. The van der Waals surface area contributed by atoms with Gasteiger partial charge >= 0.3 is 5.97 Å². The molecule has 1 heterocycles. The van der Waals surface area contributed by atoms with Gasteiger partial charge in [0.05, 0.1) is 16.9 Å². The number of amides is 1. The van der Waals surface area contributed by atoms with Gasteiger partial charge in [0, 0.05) is 18.7 Å². The summed E-state index contributed by atoms with van der Waals surface area (Å²) in [5, 5.41) is 31.8. The molecule has 5 N–H and O–H groups in total. The van der Waals surface area contributed by atoms with Crippen LogP contribution in [-0.2, 0) is 9.63 Å². The molecule has 2 aromatic rings. The van der Waals surface area contributed by atoms with E-state index in [1.165, 1.54) is 45.2 Å². The summed E-state index contributed by atoms with van der Waals surface area (Å²) in [5.74, 6) is 2.80. The molecular formula is C30H37N3O6. The number of allylic oxidation sites excluding steroid dienone is 5. The zero-order valence-corrected chi connectivity index (χ0v) is 22.9. The molecule has 0 saturated heterocycles. The SMILES string of the molecule is CC(C)=CCC/C(C)=C/CC/C(C)=C/CN1C(=O)c2cccc(O)c2N(CC(=O)ON)c2c(O)cc(O)cc21. The normalized spacial score (nSPS) is 13.5. The molecule has 2 aromatic carbocycles. The molecule has 1 aliphatic heterocycles. The third-order valence-electron chi connectivity index (χ3n) is 6.54. The van der Waals surface area contributed by atoms with Gasteiger partial charge in [-0.25, -0.2) is 4.79 Å². The predicted octanol–water partition coefficient (Wildman–Crippen LogP) is 5.74. The highest BCUT2D eigenvalue weighted by Gasteiger charge is 2.35. The monoisotopic (exact) mass is 535 g/mol. The number of nitrogens with zero attached hydrogens (tertiary/aromatic N) is 2. The number of anilines is 3. The highest BCUT2D eigenvalue weighted by Crippen LogP contribution is 2.49. The third-order valence-corrected chi connectivity index (χ3v) is 6.54. The van der Waals surface area contributed by atoms with Crippen LogP contribution in [0.3, 0.4) is 0 Å². The van der Waals surface area contributed by atoms with Crippen LogP contribution in [0.1, 0.15) is 63.7 Å². The Morgan fingerprint density at radius 2 is 1.56 bits per heavy atom. The molecule has 0 radical (unpaired) electrons. The Hall–Kier alpha value is -4.24. The number of phenols is 3. The van der Waals surface area contributed by atoms with Crippen LogP contribution in [0.2, 0.25) is 0 Å². The van der Waals surface area contributed by atoms with Crippen LogP contribution in [-0.4, -0.2) is 40.3 Å². The smallest absolute Gasteiger partial charge is 0.344 e. The first-order valence-electron chi connectivity index (χ1n) is 12.8. The number of aromatic hydroxyl groups is 3. The lowest BCUT2D eigenvalue weighted by Gasteiger charge is -2.27. The van der Waals surface area contributed by atoms with Gasteiger partial charge in [0.25, 0.3) is 5.91 Å². The van der Waals surface area contributed by atoms with Gasteiger partial charge in [0.2, 0.25) is 0 Å². The Morgan fingerprint density at radius 3 is 2.23 bits per heavy atom. The molecule has 1 amide bonds. The summed E-state index contributed by atoms with van der Waals surface area (Å²) in [6, 6.07) is 6.84. The van der Waals surface area contributed by atoms with Crippen LogP contribution in [0.5, 0.6) is 17.2 Å². The van der Waals surface area contributed by atoms with Crippen molar-refractivity contribution in [1.82, 2.24) is 0 Å². The fourth-order valence-corrected chi connectivity index (χ4v) is 4.52. The van der Waals surface area contributed by atoms with Gasteiger partial charge < -0.3 is 30.0 Å². The Bertz CT molecular complexity index is 1320. The minimum Gasteiger partial charge on any atom is -0.508 e. The summed E-state index contributed by atoms with van der Waals surface area (Å²) in [4.78, 5) is 33.0. The molecule has 39 heavy (non-hydrogen) atoms. The van der Waals surface area contributed by atoms with Crippen molar-refractivity contribution in [2.75, 3.05) is 22.9 Å². The molecule has 0 saturated carbocycles. The van der Waals surface area contributed by atoms with Gasteiger partial charge in [-0.05, 0) is 65.5 Å². The molecule has 0 bridgehead atoms. The number of nitrogens with two attached hydrogens (primary N) is 1. The summed E-state index contributed by atoms with van der Waals surface area (Å²) in [6.45, 7) is 7.93. The van der Waals surface area contributed by atoms with Crippen molar-refractivity contribution in [2.45, 2.75) is 53.4 Å². The van der Waals surface area contributed by atoms with Gasteiger partial charge in [-0.15, -0.1) is 0 Å². The highest BCUT2D eigenvalue weighted by molar-refractivity contribution is 6.16. The Kier molecular flexibility index (Phi) is 9.78. The number of carbonyl (C=O) groups excluding carboxylic acids is 2. The molecule has 9 nitrogen and oxygen atoms in total. The Labute approximate surface area is 229 Å². The molecule has 0 spiro atoms. The van der Waals surface area contributed by atoms with Crippen LogP contribution in [0.25, 0.3) is 0 Å². The van der Waals surface area contributed by atoms with Crippen molar-refractivity contribution in [1.29, 1.82) is 0 Å². The van der Waals surface area contributed by atoms with E-state index in [-0.39, 0.29) is 40.7 Å². The Balaban J connectivity index is 1.95. The van der Waals surface area contributed by atoms with Crippen molar-refractivity contribution in [3.05, 3.63) is 70.8 Å². The summed E-state index contributed by atoms with van der Waals surface area (Å²) in [5.41, 5.74) is 4.04. The average Bonchev–Trinajstić information content (AvgIpc) is 2.96. The number of para-hydroxylation sites is 1. The molecular weight excluding hydrogens is 498 g/mol. The second kappa shape index (κ2) is 13.0. The van der Waals surface area contributed by atoms with Crippen molar-refractivity contribution < 1.29 is 29.7 Å². The van der Waals surface area contributed by atoms with Gasteiger partial charge in [0.15, 0.2) is 0 Å². The van der Waals surface area contributed by atoms with Crippen LogP contribution >= 0.6 is 0 Å². The first-order valence-corrected chi connectivity index (χ1v) is 12.8. The van der Waals surface area contributed by atoms with E-state index in [1.54, 1.807) is 0 Å². The molecule has 208 valence electrons. The number of carbonyl (C=O) groups is 2. The first-order chi connectivity index (χ1) is 18.5. The van der Waals surface area contributed by atoms with Crippen molar-refractivity contribution in [3.63, 3.8) is 0 Å². The minimum absolute atomic E-state index is 0.0204. The van der Waals surface area contributed by atoms with Crippen LogP contribution in [0.4, 0.5) is 17.1 Å². The molecule has 0 fully saturated rings. The maximum atomic E-state index is 13.8. The second-order valence-electron chi connectivity index (χ2n) is 9.96. The van der Waals surface area contributed by atoms with Gasteiger partial charge in [-0.2, -0.15) is 5.90 Å². The summed E-state index contributed by atoms with van der Waals surface area (Å²) >= 11 is 0.